The van der Waals surface area contributed by atoms with Crippen LogP contribution in [0.3, 0.4) is 0 Å². The summed E-state index contributed by atoms with van der Waals surface area (Å²) in [4.78, 5) is 3.41. The van der Waals surface area contributed by atoms with Gasteiger partial charge in [-0.1, -0.05) is 20.4 Å². The van der Waals surface area contributed by atoms with Crippen molar-refractivity contribution in [1.29, 1.82) is 0 Å². The molecule has 4 N–H and O–H groups in total. The van der Waals surface area contributed by atoms with E-state index >= 15 is 0 Å². The lowest BCUT2D eigenvalue weighted by Gasteiger charge is -2.09. The average Bonchev–Trinajstić information content (AvgIpc) is 2.22. The Balaban J connectivity index is 0. The van der Waals surface area contributed by atoms with Gasteiger partial charge in [0.1, 0.15) is 0 Å². The number of pyridine rings is 1. The molecule has 0 fully saturated rings. The van der Waals surface area contributed by atoms with Crippen LogP contribution >= 0.6 is 0 Å². The SMILES string of the molecule is C=CN.CC.CN(N)c1ccc(F)nc1. The molecular formula is C10H19FN4. The van der Waals surface area contributed by atoms with E-state index < -0.39 is 5.95 Å². The van der Waals surface area contributed by atoms with Crippen LogP contribution in [0.1, 0.15) is 13.8 Å². The van der Waals surface area contributed by atoms with E-state index in [1.54, 1.807) is 13.1 Å². The molecule has 0 amide bonds. The Morgan fingerprint density at radius 2 is 1.93 bits per heavy atom. The molecule has 0 radical (unpaired) electrons. The largest absolute Gasteiger partial charge is 0.405 e. The van der Waals surface area contributed by atoms with Crippen LogP contribution in [-0.4, -0.2) is 12.0 Å². The van der Waals surface area contributed by atoms with Crippen molar-refractivity contribution in [3.8, 4) is 0 Å². The fourth-order valence-corrected chi connectivity index (χ4v) is 0.577. The molecule has 1 heterocycles. The van der Waals surface area contributed by atoms with Crippen LogP contribution in [0.5, 0.6) is 0 Å². The molecule has 0 unspecified atom stereocenters. The molecule has 0 spiro atoms. The van der Waals surface area contributed by atoms with E-state index in [2.05, 4.69) is 17.3 Å². The summed E-state index contributed by atoms with van der Waals surface area (Å²) in [5.74, 6) is 4.84. The molecule has 0 atom stereocenters. The monoisotopic (exact) mass is 214 g/mol. The fourth-order valence-electron chi connectivity index (χ4n) is 0.577. The van der Waals surface area contributed by atoms with Gasteiger partial charge >= 0.3 is 0 Å². The van der Waals surface area contributed by atoms with Crippen LogP contribution in [0.2, 0.25) is 0 Å². The number of hydrogen-bond donors (Lipinski definition) is 2. The van der Waals surface area contributed by atoms with Gasteiger partial charge < -0.3 is 10.7 Å². The second kappa shape index (κ2) is 10.5. The summed E-state index contributed by atoms with van der Waals surface area (Å²) in [5.41, 5.74) is 5.29. The lowest BCUT2D eigenvalue weighted by molar-refractivity contribution is 0.583. The minimum atomic E-state index is -0.495. The van der Waals surface area contributed by atoms with E-state index in [4.69, 9.17) is 5.84 Å². The highest BCUT2D eigenvalue weighted by molar-refractivity contribution is 5.40. The summed E-state index contributed by atoms with van der Waals surface area (Å²) in [6.07, 6.45) is 2.62. The molecule has 15 heavy (non-hydrogen) atoms. The standard InChI is InChI=1S/C6H8FN3.C2H5N.C2H6/c1-10(8)5-2-3-6(7)9-4-5;1-2-3;1-2/h2-4H,8H2,1H3;2H,1,3H2;1-2H3. The summed E-state index contributed by atoms with van der Waals surface area (Å²) in [6, 6.07) is 2.82. The maximum Gasteiger partial charge on any atom is 0.212 e. The van der Waals surface area contributed by atoms with Gasteiger partial charge in [0.2, 0.25) is 5.95 Å². The van der Waals surface area contributed by atoms with E-state index in [1.807, 2.05) is 13.8 Å². The van der Waals surface area contributed by atoms with Gasteiger partial charge in [0.05, 0.1) is 11.9 Å². The molecule has 0 bridgehead atoms. The maximum absolute atomic E-state index is 12.2. The Morgan fingerprint density at radius 3 is 2.20 bits per heavy atom. The molecule has 0 aromatic carbocycles. The van der Waals surface area contributed by atoms with Crippen molar-refractivity contribution in [2.24, 2.45) is 11.6 Å². The number of aromatic nitrogens is 1. The second-order valence-corrected chi connectivity index (χ2v) is 2.19. The third-order valence-electron chi connectivity index (χ3n) is 1.12. The molecule has 0 saturated carbocycles. The van der Waals surface area contributed by atoms with E-state index in [0.29, 0.717) is 5.69 Å². The molecule has 0 saturated heterocycles. The molecular weight excluding hydrogens is 195 g/mol. The van der Waals surface area contributed by atoms with E-state index in [9.17, 15) is 4.39 Å². The predicted molar refractivity (Wildman–Crippen MR) is 62.5 cm³/mol. The normalized spacial score (nSPS) is 7.53. The molecule has 5 heteroatoms. The Hall–Kier alpha value is -1.62. The summed E-state index contributed by atoms with van der Waals surface area (Å²) in [5, 5.41) is 1.37. The van der Waals surface area contributed by atoms with E-state index in [1.165, 1.54) is 23.5 Å². The van der Waals surface area contributed by atoms with Crippen molar-refractivity contribution in [3.05, 3.63) is 37.1 Å². The highest BCUT2D eigenvalue weighted by Gasteiger charge is 1.94. The topological polar surface area (TPSA) is 68.2 Å². The summed E-state index contributed by atoms with van der Waals surface area (Å²) < 4.78 is 12.2. The Kier molecular flexibility index (Phi) is 11.0. The number of hydrazine groups is 1. The first-order valence-electron chi connectivity index (χ1n) is 4.54. The van der Waals surface area contributed by atoms with Gasteiger partial charge in [0.25, 0.3) is 0 Å². The fraction of sp³-hybridized carbons (Fsp3) is 0.300. The molecule has 4 nitrogen and oxygen atoms in total. The molecule has 1 rings (SSSR count). The molecule has 0 aliphatic rings. The first-order valence-corrected chi connectivity index (χ1v) is 4.54. The van der Waals surface area contributed by atoms with Gasteiger partial charge in [0, 0.05) is 7.05 Å². The van der Waals surface area contributed by atoms with Gasteiger partial charge in [-0.2, -0.15) is 4.39 Å². The van der Waals surface area contributed by atoms with E-state index in [0.717, 1.165) is 0 Å². The van der Waals surface area contributed by atoms with Crippen LogP contribution in [-0.2, 0) is 0 Å². The van der Waals surface area contributed by atoms with Crippen LogP contribution in [0.15, 0.2) is 31.1 Å². The van der Waals surface area contributed by atoms with Gasteiger partial charge in [-0.15, -0.1) is 0 Å². The van der Waals surface area contributed by atoms with Crippen LogP contribution in [0.25, 0.3) is 0 Å². The Bertz CT molecular complexity index is 246. The highest BCUT2D eigenvalue weighted by atomic mass is 19.1. The number of anilines is 1. The van der Waals surface area contributed by atoms with Crippen molar-refractivity contribution in [3.63, 3.8) is 0 Å². The van der Waals surface area contributed by atoms with Crippen LogP contribution in [0.4, 0.5) is 10.1 Å². The zero-order valence-corrected chi connectivity index (χ0v) is 9.44. The Labute approximate surface area is 90.4 Å². The number of hydrogen-bond acceptors (Lipinski definition) is 4. The van der Waals surface area contributed by atoms with Crippen molar-refractivity contribution in [2.45, 2.75) is 13.8 Å². The van der Waals surface area contributed by atoms with Crippen molar-refractivity contribution < 1.29 is 4.39 Å². The minimum Gasteiger partial charge on any atom is -0.405 e. The van der Waals surface area contributed by atoms with Crippen molar-refractivity contribution >= 4 is 5.69 Å². The Morgan fingerprint density at radius 1 is 1.47 bits per heavy atom. The van der Waals surface area contributed by atoms with Crippen LogP contribution < -0.4 is 16.6 Å². The zero-order valence-electron chi connectivity index (χ0n) is 9.44. The predicted octanol–water partition coefficient (Wildman–Crippen LogP) is 1.65. The number of nitrogens with zero attached hydrogens (tertiary/aromatic N) is 2. The average molecular weight is 214 g/mol. The van der Waals surface area contributed by atoms with Gasteiger partial charge in [0.15, 0.2) is 0 Å². The lowest BCUT2D eigenvalue weighted by atomic mass is 10.4. The summed E-state index contributed by atoms with van der Waals surface area (Å²) in [7, 11) is 1.66. The molecule has 0 aliphatic carbocycles. The van der Waals surface area contributed by atoms with Gasteiger partial charge in [-0.05, 0) is 18.3 Å². The molecule has 0 aliphatic heterocycles. The van der Waals surface area contributed by atoms with Gasteiger partial charge in [-0.25, -0.2) is 10.8 Å². The van der Waals surface area contributed by atoms with Gasteiger partial charge in [-0.3, -0.25) is 0 Å². The maximum atomic E-state index is 12.2. The lowest BCUT2D eigenvalue weighted by Crippen LogP contribution is -2.24. The highest BCUT2D eigenvalue weighted by Crippen LogP contribution is 2.05. The quantitative estimate of drug-likeness (QED) is 0.423. The number of nitrogens with two attached hydrogens (primary N) is 2. The molecule has 1 aromatic rings. The summed E-state index contributed by atoms with van der Waals surface area (Å²) in [6.45, 7) is 7.14. The van der Waals surface area contributed by atoms with Crippen molar-refractivity contribution in [1.82, 2.24) is 4.98 Å². The number of halogens is 1. The van der Waals surface area contributed by atoms with E-state index in [-0.39, 0.29) is 0 Å². The first kappa shape index (κ1) is 15.8. The molecule has 86 valence electrons. The zero-order chi connectivity index (χ0) is 12.3. The second-order valence-electron chi connectivity index (χ2n) is 2.19. The minimum absolute atomic E-state index is 0.495. The van der Waals surface area contributed by atoms with Crippen LogP contribution in [0, 0.1) is 5.95 Å². The third kappa shape index (κ3) is 8.70. The third-order valence-corrected chi connectivity index (χ3v) is 1.12. The molecule has 1 aromatic heterocycles. The number of rotatable bonds is 1. The smallest absolute Gasteiger partial charge is 0.212 e. The van der Waals surface area contributed by atoms with Crippen molar-refractivity contribution in [2.75, 3.05) is 12.1 Å². The first-order chi connectivity index (χ1) is 7.11. The summed E-state index contributed by atoms with van der Waals surface area (Å²) >= 11 is 0.